The molecule has 1 saturated heterocycles. The van der Waals surface area contributed by atoms with Gasteiger partial charge in [0.15, 0.2) is 17.6 Å². The number of carbonyl (C=O) groups excluding carboxylic acids is 2. The van der Waals surface area contributed by atoms with Gasteiger partial charge in [0.1, 0.15) is 13.2 Å². The van der Waals surface area contributed by atoms with Crippen molar-refractivity contribution in [3.63, 3.8) is 0 Å². The normalized spacial score (nSPS) is 20.6. The van der Waals surface area contributed by atoms with Crippen LogP contribution in [0.15, 0.2) is 47.4 Å². The van der Waals surface area contributed by atoms with Crippen molar-refractivity contribution < 1.29 is 32.2 Å². The van der Waals surface area contributed by atoms with E-state index in [0.717, 1.165) is 6.42 Å². The number of ether oxygens (including phenoxy) is 3. The molecule has 2 aromatic carbocycles. The summed E-state index contributed by atoms with van der Waals surface area (Å²) >= 11 is 0. The Hall–Kier alpha value is -3.27. The number of hydrogen-bond acceptors (Lipinski definition) is 7. The lowest BCUT2D eigenvalue weighted by molar-refractivity contribution is -0.142. The number of para-hydroxylation sites is 1. The van der Waals surface area contributed by atoms with Crippen molar-refractivity contribution in [2.45, 2.75) is 38.2 Å². The van der Waals surface area contributed by atoms with E-state index in [4.69, 9.17) is 14.2 Å². The zero-order valence-corrected chi connectivity index (χ0v) is 20.8. The number of piperidine rings is 1. The third-order valence-electron chi connectivity index (χ3n) is 6.03. The van der Waals surface area contributed by atoms with Crippen LogP contribution in [0, 0.1) is 11.8 Å². The van der Waals surface area contributed by atoms with Gasteiger partial charge in [-0.05, 0) is 49.4 Å². The van der Waals surface area contributed by atoms with Gasteiger partial charge in [0.25, 0.3) is 15.9 Å². The average Bonchev–Trinajstić information content (AvgIpc) is 2.82. The lowest BCUT2D eigenvalue weighted by atomic mass is 9.91. The van der Waals surface area contributed by atoms with Crippen LogP contribution in [-0.2, 0) is 19.6 Å². The number of nitrogens with one attached hydrogen (secondary N) is 1. The first kappa shape index (κ1) is 24.8. The van der Waals surface area contributed by atoms with Crippen LogP contribution in [-0.4, -0.2) is 57.6 Å². The Morgan fingerprint density at radius 3 is 2.40 bits per heavy atom. The first-order valence-corrected chi connectivity index (χ1v) is 13.1. The SMILES string of the molecule is CC1CC(C)CN(C(=O)C(C)OC(=O)c2ccccc2NS(=O)(=O)c2ccc3c(c2)OCCO3)C1. The van der Waals surface area contributed by atoms with Crippen LogP contribution < -0.4 is 14.2 Å². The minimum absolute atomic E-state index is 0.00801. The van der Waals surface area contributed by atoms with Crippen LogP contribution in [0.4, 0.5) is 5.69 Å². The Bertz CT molecular complexity index is 1200. The number of hydrogen-bond donors (Lipinski definition) is 1. The highest BCUT2D eigenvalue weighted by Gasteiger charge is 2.31. The monoisotopic (exact) mass is 502 g/mol. The van der Waals surface area contributed by atoms with Crippen molar-refractivity contribution in [2.75, 3.05) is 31.0 Å². The molecule has 1 fully saturated rings. The van der Waals surface area contributed by atoms with Crippen LogP contribution in [0.1, 0.15) is 37.6 Å². The summed E-state index contributed by atoms with van der Waals surface area (Å²) in [5.74, 6) is 0.508. The highest BCUT2D eigenvalue weighted by molar-refractivity contribution is 7.92. The molecule has 2 aliphatic rings. The number of amides is 1. The molecule has 3 unspecified atom stereocenters. The number of rotatable bonds is 6. The molecule has 0 saturated carbocycles. The fraction of sp³-hybridized carbons (Fsp3) is 0.440. The van der Waals surface area contributed by atoms with E-state index in [0.29, 0.717) is 49.6 Å². The lowest BCUT2D eigenvalue weighted by Crippen LogP contribution is -2.47. The summed E-state index contributed by atoms with van der Waals surface area (Å²) in [4.78, 5) is 27.5. The smallest absolute Gasteiger partial charge is 0.341 e. The Morgan fingerprint density at radius 2 is 1.69 bits per heavy atom. The first-order valence-electron chi connectivity index (χ1n) is 11.7. The number of anilines is 1. The molecule has 0 aromatic heterocycles. The third kappa shape index (κ3) is 5.70. The Balaban J connectivity index is 1.48. The molecule has 0 radical (unpaired) electrons. The fourth-order valence-electron chi connectivity index (χ4n) is 4.52. The molecule has 2 aliphatic heterocycles. The summed E-state index contributed by atoms with van der Waals surface area (Å²) in [5.41, 5.74) is 0.0564. The standard InChI is InChI=1S/C25H30N2O7S/c1-16-12-17(2)15-27(14-16)24(28)18(3)34-25(29)20-6-4-5-7-21(20)26-35(30,31)19-8-9-22-23(13-19)33-11-10-32-22/h4-9,13,16-18,26H,10-12,14-15H2,1-3H3. The lowest BCUT2D eigenvalue weighted by Gasteiger charge is -2.36. The third-order valence-corrected chi connectivity index (χ3v) is 7.39. The van der Waals surface area contributed by atoms with E-state index >= 15 is 0 Å². The first-order chi connectivity index (χ1) is 16.6. The van der Waals surface area contributed by atoms with E-state index in [-0.39, 0.29) is 22.1 Å². The second-order valence-corrected chi connectivity index (χ2v) is 10.9. The van der Waals surface area contributed by atoms with E-state index < -0.39 is 22.1 Å². The number of fused-ring (bicyclic) bond motifs is 1. The molecule has 0 bridgehead atoms. The molecule has 3 atom stereocenters. The van der Waals surface area contributed by atoms with Crippen LogP contribution in [0.5, 0.6) is 11.5 Å². The number of benzene rings is 2. The molecular weight excluding hydrogens is 472 g/mol. The zero-order valence-electron chi connectivity index (χ0n) is 20.0. The van der Waals surface area contributed by atoms with Crippen molar-refractivity contribution >= 4 is 27.6 Å². The van der Waals surface area contributed by atoms with Crippen molar-refractivity contribution in [1.82, 2.24) is 4.90 Å². The van der Waals surface area contributed by atoms with Crippen LogP contribution in [0.3, 0.4) is 0 Å². The van der Waals surface area contributed by atoms with Gasteiger partial charge < -0.3 is 19.1 Å². The van der Waals surface area contributed by atoms with E-state index in [1.165, 1.54) is 37.3 Å². The Kier molecular flexibility index (Phi) is 7.20. The number of esters is 1. The van der Waals surface area contributed by atoms with Crippen LogP contribution in [0.25, 0.3) is 0 Å². The van der Waals surface area contributed by atoms with Gasteiger partial charge in [0, 0.05) is 19.2 Å². The molecule has 9 nitrogen and oxygen atoms in total. The number of likely N-dealkylation sites (tertiary alicyclic amines) is 1. The minimum atomic E-state index is -4.05. The predicted octanol–water partition coefficient (Wildman–Crippen LogP) is 3.31. The maximum atomic E-state index is 13.0. The molecule has 0 spiro atoms. The minimum Gasteiger partial charge on any atom is -0.486 e. The molecule has 2 aromatic rings. The van der Waals surface area contributed by atoms with Gasteiger partial charge in [0.05, 0.1) is 16.1 Å². The quantitative estimate of drug-likeness (QED) is 0.603. The molecule has 188 valence electrons. The summed E-state index contributed by atoms with van der Waals surface area (Å²) in [5, 5.41) is 0. The summed E-state index contributed by atoms with van der Waals surface area (Å²) in [6, 6.07) is 10.4. The van der Waals surface area contributed by atoms with Crippen molar-refractivity contribution in [3.05, 3.63) is 48.0 Å². The zero-order chi connectivity index (χ0) is 25.2. The van der Waals surface area contributed by atoms with E-state index in [1.54, 1.807) is 17.0 Å². The van der Waals surface area contributed by atoms with Gasteiger partial charge in [-0.1, -0.05) is 26.0 Å². The van der Waals surface area contributed by atoms with Crippen molar-refractivity contribution in [2.24, 2.45) is 11.8 Å². The van der Waals surface area contributed by atoms with E-state index in [1.807, 2.05) is 0 Å². The summed E-state index contributed by atoms with van der Waals surface area (Å²) in [7, 11) is -4.05. The van der Waals surface area contributed by atoms with E-state index in [2.05, 4.69) is 18.6 Å². The maximum Gasteiger partial charge on any atom is 0.341 e. The second kappa shape index (κ2) is 10.2. The molecule has 2 heterocycles. The average molecular weight is 503 g/mol. The van der Waals surface area contributed by atoms with Gasteiger partial charge in [-0.2, -0.15) is 0 Å². The number of nitrogens with zero attached hydrogens (tertiary/aromatic N) is 1. The summed E-state index contributed by atoms with van der Waals surface area (Å²) < 4.78 is 44.9. The van der Waals surface area contributed by atoms with Gasteiger partial charge in [-0.15, -0.1) is 0 Å². The Labute approximate surface area is 205 Å². The van der Waals surface area contributed by atoms with Crippen LogP contribution in [0.2, 0.25) is 0 Å². The molecule has 4 rings (SSSR count). The number of sulfonamides is 1. The van der Waals surface area contributed by atoms with Gasteiger partial charge in [-0.25, -0.2) is 13.2 Å². The largest absolute Gasteiger partial charge is 0.486 e. The van der Waals surface area contributed by atoms with Crippen molar-refractivity contribution in [3.8, 4) is 11.5 Å². The Morgan fingerprint density at radius 1 is 1.03 bits per heavy atom. The van der Waals surface area contributed by atoms with E-state index in [9.17, 15) is 18.0 Å². The van der Waals surface area contributed by atoms with Gasteiger partial charge in [0.2, 0.25) is 0 Å². The maximum absolute atomic E-state index is 13.0. The highest BCUT2D eigenvalue weighted by atomic mass is 32.2. The molecule has 0 aliphatic carbocycles. The summed E-state index contributed by atoms with van der Waals surface area (Å²) in [6.45, 7) is 7.68. The van der Waals surface area contributed by atoms with Gasteiger partial charge in [-0.3, -0.25) is 9.52 Å². The van der Waals surface area contributed by atoms with Gasteiger partial charge >= 0.3 is 5.97 Å². The number of carbonyl (C=O) groups is 2. The highest BCUT2D eigenvalue weighted by Crippen LogP contribution is 2.33. The summed E-state index contributed by atoms with van der Waals surface area (Å²) in [6.07, 6.45) is 0.0527. The molecule has 10 heteroatoms. The molecule has 35 heavy (non-hydrogen) atoms. The second-order valence-electron chi connectivity index (χ2n) is 9.19. The fourth-order valence-corrected chi connectivity index (χ4v) is 5.61. The molecule has 1 amide bonds. The van der Waals surface area contributed by atoms with Crippen LogP contribution >= 0.6 is 0 Å². The topological polar surface area (TPSA) is 111 Å². The predicted molar refractivity (Wildman–Crippen MR) is 129 cm³/mol. The molecule has 1 N–H and O–H groups in total. The molecular formula is C25H30N2O7S. The van der Waals surface area contributed by atoms with Crippen molar-refractivity contribution in [1.29, 1.82) is 0 Å².